The third-order valence-corrected chi connectivity index (χ3v) is 4.21. The second-order valence-electron chi connectivity index (χ2n) is 5.77. The summed E-state index contributed by atoms with van der Waals surface area (Å²) in [5.74, 6) is 1.52. The molecule has 2 aromatic heterocycles. The van der Waals surface area contributed by atoms with Crippen molar-refractivity contribution in [1.82, 2.24) is 14.6 Å². The van der Waals surface area contributed by atoms with Crippen LogP contribution >= 0.6 is 0 Å². The molecule has 1 aliphatic carbocycles. The number of rotatable bonds is 3. The van der Waals surface area contributed by atoms with Gasteiger partial charge in [0.05, 0.1) is 0 Å². The lowest BCUT2D eigenvalue weighted by Gasteiger charge is -2.27. The zero-order valence-corrected chi connectivity index (χ0v) is 11.8. The van der Waals surface area contributed by atoms with Gasteiger partial charge in [-0.15, -0.1) is 5.10 Å². The Labute approximate surface area is 114 Å². The molecule has 1 atom stereocenters. The molecule has 1 fully saturated rings. The first-order valence-corrected chi connectivity index (χ1v) is 7.32. The van der Waals surface area contributed by atoms with Crippen molar-refractivity contribution in [2.75, 3.05) is 5.32 Å². The van der Waals surface area contributed by atoms with Crippen LogP contribution in [0.1, 0.15) is 44.6 Å². The fourth-order valence-corrected chi connectivity index (χ4v) is 3.00. The molecule has 3 rings (SSSR count). The molecule has 1 aliphatic rings. The van der Waals surface area contributed by atoms with Crippen molar-refractivity contribution < 1.29 is 0 Å². The Hall–Kier alpha value is -1.58. The number of nitrogens with zero attached hydrogens (tertiary/aromatic N) is 3. The van der Waals surface area contributed by atoms with Crippen molar-refractivity contribution >= 4 is 11.6 Å². The van der Waals surface area contributed by atoms with Crippen LogP contribution in [0.15, 0.2) is 18.3 Å². The molecule has 0 spiro atoms. The summed E-state index contributed by atoms with van der Waals surface area (Å²) in [6.07, 6.45) is 8.77. The fraction of sp³-hybridized carbons (Fsp3) is 0.600. The Morgan fingerprint density at radius 3 is 2.89 bits per heavy atom. The van der Waals surface area contributed by atoms with Gasteiger partial charge in [0, 0.05) is 12.2 Å². The lowest BCUT2D eigenvalue weighted by molar-refractivity contribution is 0.327. The number of pyridine rings is 1. The standard InChI is InChI=1S/C15H22N4/c1-11-8-9-19-14(10-11)17-15(18-19)16-12(2)13-6-4-3-5-7-13/h8-10,12-13H,3-7H2,1-2H3,(H,16,18). The Morgan fingerprint density at radius 2 is 2.11 bits per heavy atom. The first-order chi connectivity index (χ1) is 9.22. The summed E-state index contributed by atoms with van der Waals surface area (Å²) in [6, 6.07) is 4.57. The predicted molar refractivity (Wildman–Crippen MR) is 77.4 cm³/mol. The van der Waals surface area contributed by atoms with E-state index < -0.39 is 0 Å². The molecular formula is C15H22N4. The lowest BCUT2D eigenvalue weighted by Crippen LogP contribution is -2.28. The van der Waals surface area contributed by atoms with Crippen molar-refractivity contribution in [2.45, 2.75) is 52.0 Å². The Balaban J connectivity index is 1.73. The van der Waals surface area contributed by atoms with Gasteiger partial charge in [0.1, 0.15) is 0 Å². The summed E-state index contributed by atoms with van der Waals surface area (Å²) in [5.41, 5.74) is 2.13. The molecular weight excluding hydrogens is 236 g/mol. The first kappa shape index (κ1) is 12.5. The van der Waals surface area contributed by atoms with Crippen LogP contribution in [0.4, 0.5) is 5.95 Å². The minimum absolute atomic E-state index is 0.457. The van der Waals surface area contributed by atoms with Crippen LogP contribution in [0.3, 0.4) is 0 Å². The molecule has 19 heavy (non-hydrogen) atoms. The number of anilines is 1. The van der Waals surface area contributed by atoms with E-state index in [0.29, 0.717) is 6.04 Å². The highest BCUT2D eigenvalue weighted by Gasteiger charge is 2.20. The molecule has 2 heterocycles. The summed E-state index contributed by atoms with van der Waals surface area (Å²) >= 11 is 0. The minimum Gasteiger partial charge on any atom is -0.350 e. The van der Waals surface area contributed by atoms with Crippen molar-refractivity contribution in [3.05, 3.63) is 23.9 Å². The second kappa shape index (κ2) is 5.19. The number of hydrogen-bond acceptors (Lipinski definition) is 3. The van der Waals surface area contributed by atoms with Crippen LogP contribution in [-0.4, -0.2) is 20.6 Å². The third kappa shape index (κ3) is 2.72. The van der Waals surface area contributed by atoms with E-state index in [4.69, 9.17) is 0 Å². The second-order valence-corrected chi connectivity index (χ2v) is 5.77. The van der Waals surface area contributed by atoms with Crippen molar-refractivity contribution in [3.8, 4) is 0 Å². The van der Waals surface area contributed by atoms with Gasteiger partial charge in [-0.25, -0.2) is 4.52 Å². The molecule has 0 aliphatic heterocycles. The quantitative estimate of drug-likeness (QED) is 0.917. The minimum atomic E-state index is 0.457. The van der Waals surface area contributed by atoms with E-state index in [9.17, 15) is 0 Å². The maximum atomic E-state index is 4.55. The predicted octanol–water partition coefficient (Wildman–Crippen LogP) is 3.42. The van der Waals surface area contributed by atoms with Gasteiger partial charge in [0.2, 0.25) is 5.95 Å². The molecule has 1 saturated carbocycles. The van der Waals surface area contributed by atoms with Crippen LogP contribution in [0.25, 0.3) is 5.65 Å². The molecule has 4 nitrogen and oxygen atoms in total. The molecule has 102 valence electrons. The van der Waals surface area contributed by atoms with Crippen LogP contribution in [0, 0.1) is 12.8 Å². The zero-order valence-electron chi connectivity index (χ0n) is 11.8. The van der Waals surface area contributed by atoms with Gasteiger partial charge in [0.25, 0.3) is 0 Å². The fourth-order valence-electron chi connectivity index (χ4n) is 3.00. The smallest absolute Gasteiger partial charge is 0.243 e. The zero-order chi connectivity index (χ0) is 13.2. The van der Waals surface area contributed by atoms with Crippen molar-refractivity contribution in [3.63, 3.8) is 0 Å². The van der Waals surface area contributed by atoms with Gasteiger partial charge in [-0.1, -0.05) is 19.3 Å². The van der Waals surface area contributed by atoms with Crippen LogP contribution in [0.2, 0.25) is 0 Å². The number of nitrogens with one attached hydrogen (secondary N) is 1. The summed E-state index contributed by atoms with van der Waals surface area (Å²) in [4.78, 5) is 4.55. The van der Waals surface area contributed by atoms with Crippen LogP contribution < -0.4 is 5.32 Å². The molecule has 0 amide bonds. The summed E-state index contributed by atoms with van der Waals surface area (Å²) in [6.45, 7) is 4.33. The van der Waals surface area contributed by atoms with E-state index in [-0.39, 0.29) is 0 Å². The summed E-state index contributed by atoms with van der Waals surface area (Å²) < 4.78 is 1.84. The number of aryl methyl sites for hydroxylation is 1. The highest BCUT2D eigenvalue weighted by atomic mass is 15.3. The van der Waals surface area contributed by atoms with Gasteiger partial charge in [0.15, 0.2) is 5.65 Å². The summed E-state index contributed by atoms with van der Waals surface area (Å²) in [7, 11) is 0. The molecule has 0 aromatic carbocycles. The monoisotopic (exact) mass is 258 g/mol. The maximum Gasteiger partial charge on any atom is 0.243 e. The van der Waals surface area contributed by atoms with E-state index in [0.717, 1.165) is 17.5 Å². The normalized spacial score (nSPS) is 18.6. The maximum absolute atomic E-state index is 4.55. The third-order valence-electron chi connectivity index (χ3n) is 4.21. The van der Waals surface area contributed by atoms with E-state index in [1.54, 1.807) is 0 Å². The topological polar surface area (TPSA) is 42.2 Å². The highest BCUT2D eigenvalue weighted by Crippen LogP contribution is 2.27. The molecule has 1 N–H and O–H groups in total. The molecule has 4 heteroatoms. The number of fused-ring (bicyclic) bond motifs is 1. The van der Waals surface area contributed by atoms with Crippen LogP contribution in [0.5, 0.6) is 0 Å². The average Bonchev–Trinajstić information content (AvgIpc) is 2.81. The Kier molecular flexibility index (Phi) is 3.40. The summed E-state index contributed by atoms with van der Waals surface area (Å²) in [5, 5.41) is 7.96. The number of aromatic nitrogens is 3. The molecule has 0 radical (unpaired) electrons. The average molecular weight is 258 g/mol. The molecule has 0 bridgehead atoms. The molecule has 2 aromatic rings. The van der Waals surface area contributed by atoms with Crippen molar-refractivity contribution in [1.29, 1.82) is 0 Å². The van der Waals surface area contributed by atoms with E-state index in [1.165, 1.54) is 37.7 Å². The van der Waals surface area contributed by atoms with Gasteiger partial charge in [-0.05, 0) is 50.3 Å². The Morgan fingerprint density at radius 1 is 1.32 bits per heavy atom. The van der Waals surface area contributed by atoms with E-state index >= 15 is 0 Å². The van der Waals surface area contributed by atoms with E-state index in [1.807, 2.05) is 10.7 Å². The van der Waals surface area contributed by atoms with E-state index in [2.05, 4.69) is 41.4 Å². The van der Waals surface area contributed by atoms with Gasteiger partial charge >= 0.3 is 0 Å². The Bertz CT molecular complexity index is 554. The molecule has 1 unspecified atom stereocenters. The highest BCUT2D eigenvalue weighted by molar-refractivity contribution is 5.45. The van der Waals surface area contributed by atoms with Gasteiger partial charge in [-0.3, -0.25) is 0 Å². The van der Waals surface area contributed by atoms with Crippen LogP contribution in [-0.2, 0) is 0 Å². The largest absolute Gasteiger partial charge is 0.350 e. The van der Waals surface area contributed by atoms with Gasteiger partial charge in [-0.2, -0.15) is 4.98 Å². The van der Waals surface area contributed by atoms with Gasteiger partial charge < -0.3 is 5.32 Å². The first-order valence-electron chi connectivity index (χ1n) is 7.32. The lowest BCUT2D eigenvalue weighted by atomic mass is 9.85. The number of hydrogen-bond donors (Lipinski definition) is 1. The molecule has 0 saturated heterocycles. The van der Waals surface area contributed by atoms with Crippen molar-refractivity contribution in [2.24, 2.45) is 5.92 Å². The SMILES string of the molecule is Cc1ccn2nc(NC(C)C3CCCCC3)nc2c1.